The Labute approximate surface area is 125 Å². The zero-order valence-corrected chi connectivity index (χ0v) is 14.1. The lowest BCUT2D eigenvalue weighted by molar-refractivity contribution is 0.528. The molecule has 0 aliphatic heterocycles. The fraction of sp³-hybridized carbons (Fsp3) is 0.600. The van der Waals surface area contributed by atoms with Gasteiger partial charge in [-0.15, -0.1) is 0 Å². The van der Waals surface area contributed by atoms with Gasteiger partial charge in [0.2, 0.25) is 0 Å². The predicted molar refractivity (Wildman–Crippen MR) is 85.7 cm³/mol. The highest BCUT2D eigenvalue weighted by Gasteiger charge is 2.12. The first-order valence-corrected chi connectivity index (χ1v) is 9.73. The van der Waals surface area contributed by atoms with E-state index in [1.54, 1.807) is 6.92 Å². The molecule has 1 atom stereocenters. The molecule has 0 aromatic heterocycles. The predicted octanol–water partition coefficient (Wildman–Crippen LogP) is 3.76. The summed E-state index contributed by atoms with van der Waals surface area (Å²) in [6.45, 7) is 3.81. The molecule has 1 aromatic rings. The smallest absolute Gasteiger partial charge is 0.150 e. The van der Waals surface area contributed by atoms with Crippen molar-refractivity contribution in [1.82, 2.24) is 0 Å². The second-order valence-corrected chi connectivity index (χ2v) is 8.21. The van der Waals surface area contributed by atoms with Gasteiger partial charge in [0, 0.05) is 11.1 Å². The first-order chi connectivity index (χ1) is 8.96. The van der Waals surface area contributed by atoms with Gasteiger partial charge >= 0.3 is 0 Å². The molecule has 0 aliphatic rings. The number of alkyl halides is 1. The lowest BCUT2D eigenvalue weighted by atomic mass is 9.96. The van der Waals surface area contributed by atoms with Gasteiger partial charge in [-0.25, -0.2) is 8.42 Å². The lowest BCUT2D eigenvalue weighted by Crippen LogP contribution is -2.12. The van der Waals surface area contributed by atoms with Crippen molar-refractivity contribution in [2.45, 2.75) is 33.1 Å². The third-order valence-electron chi connectivity index (χ3n) is 3.33. The summed E-state index contributed by atoms with van der Waals surface area (Å²) in [6, 6.07) is 8.53. The Hall–Kier alpha value is -0.350. The molecule has 0 bridgehead atoms. The minimum absolute atomic E-state index is 0.254. The molecule has 0 amide bonds. The van der Waals surface area contributed by atoms with E-state index in [4.69, 9.17) is 0 Å². The van der Waals surface area contributed by atoms with Crippen LogP contribution in [0.2, 0.25) is 0 Å². The average Bonchev–Trinajstić information content (AvgIpc) is 2.37. The van der Waals surface area contributed by atoms with Crippen molar-refractivity contribution in [3.8, 4) is 0 Å². The molecule has 0 radical (unpaired) electrons. The summed E-state index contributed by atoms with van der Waals surface area (Å²) in [5.74, 6) is 1.08. The number of benzene rings is 1. The molecule has 1 aromatic carbocycles. The summed E-state index contributed by atoms with van der Waals surface area (Å²) < 4.78 is 22.9. The molecule has 0 N–H and O–H groups in total. The van der Waals surface area contributed by atoms with Crippen molar-refractivity contribution in [3.05, 3.63) is 35.4 Å². The largest absolute Gasteiger partial charge is 0.229 e. The Bertz CT molecular complexity index is 483. The van der Waals surface area contributed by atoms with Gasteiger partial charge in [-0.3, -0.25) is 0 Å². The Morgan fingerprint density at radius 3 is 2.63 bits per heavy atom. The van der Waals surface area contributed by atoms with Crippen LogP contribution in [0.25, 0.3) is 0 Å². The van der Waals surface area contributed by atoms with E-state index in [9.17, 15) is 8.42 Å². The minimum Gasteiger partial charge on any atom is -0.229 e. The number of aryl methyl sites for hydroxylation is 1. The van der Waals surface area contributed by atoms with Crippen molar-refractivity contribution >= 4 is 25.8 Å². The Morgan fingerprint density at radius 1 is 1.32 bits per heavy atom. The third kappa shape index (κ3) is 6.57. The fourth-order valence-corrected chi connectivity index (χ4v) is 3.59. The molecule has 0 spiro atoms. The fourth-order valence-electron chi connectivity index (χ4n) is 2.14. The first kappa shape index (κ1) is 16.7. The van der Waals surface area contributed by atoms with Crippen LogP contribution in [0.3, 0.4) is 0 Å². The molecule has 2 nitrogen and oxygen atoms in total. The van der Waals surface area contributed by atoms with Gasteiger partial charge in [0.1, 0.15) is 9.84 Å². The second-order valence-electron chi connectivity index (χ2n) is 5.09. The van der Waals surface area contributed by atoms with Crippen molar-refractivity contribution < 1.29 is 8.42 Å². The SMILES string of the molecule is CCS(=O)(=O)CCCC(CBr)Cc1cccc(C)c1. The standard InChI is InChI=1S/C15H23BrO2S/c1-3-19(17,18)9-5-8-15(12-16)11-14-7-4-6-13(2)10-14/h4,6-7,10,15H,3,5,8-9,11-12H2,1-2H3. The Kier molecular flexibility index (Phi) is 7.08. The van der Waals surface area contributed by atoms with E-state index in [-0.39, 0.29) is 5.75 Å². The van der Waals surface area contributed by atoms with E-state index in [1.165, 1.54) is 11.1 Å². The molecule has 0 fully saturated rings. The van der Waals surface area contributed by atoms with Gasteiger partial charge in [-0.1, -0.05) is 52.7 Å². The second kappa shape index (κ2) is 8.05. The molecule has 1 rings (SSSR count). The zero-order valence-electron chi connectivity index (χ0n) is 11.7. The molecule has 0 aliphatic carbocycles. The van der Waals surface area contributed by atoms with Crippen LogP contribution in [0.1, 0.15) is 30.9 Å². The van der Waals surface area contributed by atoms with Crippen LogP contribution in [0.4, 0.5) is 0 Å². The number of halogens is 1. The zero-order chi connectivity index (χ0) is 14.3. The topological polar surface area (TPSA) is 34.1 Å². The highest BCUT2D eigenvalue weighted by atomic mass is 79.9. The number of rotatable bonds is 8. The summed E-state index contributed by atoms with van der Waals surface area (Å²) in [4.78, 5) is 0. The van der Waals surface area contributed by atoms with Crippen LogP contribution in [0, 0.1) is 12.8 Å². The van der Waals surface area contributed by atoms with E-state index >= 15 is 0 Å². The van der Waals surface area contributed by atoms with E-state index in [0.29, 0.717) is 11.7 Å². The van der Waals surface area contributed by atoms with Gasteiger partial charge in [-0.05, 0) is 37.7 Å². The van der Waals surface area contributed by atoms with Gasteiger partial charge in [-0.2, -0.15) is 0 Å². The van der Waals surface area contributed by atoms with Gasteiger partial charge in [0.05, 0.1) is 5.75 Å². The van der Waals surface area contributed by atoms with E-state index in [1.807, 2.05) is 0 Å². The van der Waals surface area contributed by atoms with Crippen molar-refractivity contribution in [1.29, 1.82) is 0 Å². The Morgan fingerprint density at radius 2 is 2.05 bits per heavy atom. The molecular formula is C15H23BrO2S. The van der Waals surface area contributed by atoms with E-state index < -0.39 is 9.84 Å². The summed E-state index contributed by atoms with van der Waals surface area (Å²) >= 11 is 3.54. The summed E-state index contributed by atoms with van der Waals surface area (Å²) in [7, 11) is -2.82. The van der Waals surface area contributed by atoms with Crippen molar-refractivity contribution in [3.63, 3.8) is 0 Å². The maximum absolute atomic E-state index is 11.5. The van der Waals surface area contributed by atoms with E-state index in [0.717, 1.165) is 24.6 Å². The van der Waals surface area contributed by atoms with Crippen LogP contribution in [-0.4, -0.2) is 25.3 Å². The van der Waals surface area contributed by atoms with Crippen LogP contribution in [0.15, 0.2) is 24.3 Å². The Balaban J connectivity index is 2.46. The van der Waals surface area contributed by atoms with Crippen LogP contribution >= 0.6 is 15.9 Å². The lowest BCUT2D eigenvalue weighted by Gasteiger charge is -2.14. The molecule has 1 unspecified atom stereocenters. The van der Waals surface area contributed by atoms with Crippen LogP contribution < -0.4 is 0 Å². The maximum Gasteiger partial charge on any atom is 0.150 e. The quantitative estimate of drug-likeness (QED) is 0.671. The molecule has 0 heterocycles. The normalized spacial score (nSPS) is 13.4. The summed E-state index contributed by atoms with van der Waals surface area (Å²) in [5, 5.41) is 0.924. The molecule has 108 valence electrons. The van der Waals surface area contributed by atoms with Gasteiger partial charge < -0.3 is 0 Å². The number of sulfone groups is 1. The molecule has 0 saturated carbocycles. The molecular weight excluding hydrogens is 324 g/mol. The average molecular weight is 347 g/mol. The summed E-state index contributed by atoms with van der Waals surface area (Å²) in [6.07, 6.45) is 2.73. The third-order valence-corrected chi connectivity index (χ3v) is 6.04. The highest BCUT2D eigenvalue weighted by Crippen LogP contribution is 2.18. The van der Waals surface area contributed by atoms with Crippen molar-refractivity contribution in [2.75, 3.05) is 16.8 Å². The molecule has 4 heteroatoms. The maximum atomic E-state index is 11.5. The number of hydrogen-bond donors (Lipinski definition) is 0. The monoisotopic (exact) mass is 346 g/mol. The van der Waals surface area contributed by atoms with E-state index in [2.05, 4.69) is 47.1 Å². The van der Waals surface area contributed by atoms with Crippen molar-refractivity contribution in [2.24, 2.45) is 5.92 Å². The molecule has 19 heavy (non-hydrogen) atoms. The van der Waals surface area contributed by atoms with Gasteiger partial charge in [0.25, 0.3) is 0 Å². The minimum atomic E-state index is -2.82. The van der Waals surface area contributed by atoms with Gasteiger partial charge in [0.15, 0.2) is 0 Å². The van der Waals surface area contributed by atoms with Crippen LogP contribution in [-0.2, 0) is 16.3 Å². The summed E-state index contributed by atoms with van der Waals surface area (Å²) in [5.41, 5.74) is 2.61. The van der Waals surface area contributed by atoms with Crippen LogP contribution in [0.5, 0.6) is 0 Å². The first-order valence-electron chi connectivity index (χ1n) is 6.78. The molecule has 0 saturated heterocycles. The highest BCUT2D eigenvalue weighted by molar-refractivity contribution is 9.09. The number of hydrogen-bond acceptors (Lipinski definition) is 2.